The summed E-state index contributed by atoms with van der Waals surface area (Å²) in [6, 6.07) is 8.45. The van der Waals surface area contributed by atoms with E-state index in [1.807, 2.05) is 14.1 Å². The number of likely N-dealkylation sites (N-methyl/N-ethyl adjacent to an activating group) is 1. The molecule has 3 fully saturated rings. The SMILES string of the molecule is C[N+](C)(CCN)CCNC(=O)C1CCC(C(F)(F)c2cc(Cl)nc(N3CCN(S(=O)(=O)c4ccc(N5C[C@H](N)CC5=O)cc4)CC3)c2)CC1. The van der Waals surface area contributed by atoms with Gasteiger partial charge in [-0.3, -0.25) is 9.59 Å². The van der Waals surface area contributed by atoms with Crippen LogP contribution in [0.25, 0.3) is 0 Å². The first kappa shape index (κ1) is 37.3. The largest absolute Gasteiger partial charge is 0.354 e. The average molecular weight is 726 g/mol. The van der Waals surface area contributed by atoms with Crippen LogP contribution < -0.4 is 26.6 Å². The molecule has 1 aromatic carbocycles. The van der Waals surface area contributed by atoms with Gasteiger partial charge >= 0.3 is 0 Å². The van der Waals surface area contributed by atoms with E-state index in [4.69, 9.17) is 23.1 Å². The summed E-state index contributed by atoms with van der Waals surface area (Å²) in [7, 11) is 0.264. The second kappa shape index (κ2) is 15.1. The molecule has 5 N–H and O–H groups in total. The Kier molecular flexibility index (Phi) is 11.5. The zero-order valence-corrected chi connectivity index (χ0v) is 29.7. The van der Waals surface area contributed by atoms with Gasteiger partial charge in [0.15, 0.2) is 0 Å². The van der Waals surface area contributed by atoms with E-state index in [0.717, 1.165) is 13.1 Å². The van der Waals surface area contributed by atoms with Crippen molar-refractivity contribution in [1.82, 2.24) is 14.6 Å². The third-order valence-corrected chi connectivity index (χ3v) is 12.1. The van der Waals surface area contributed by atoms with Crippen LogP contribution in [-0.4, -0.2) is 113 Å². The number of aromatic nitrogens is 1. The number of halogens is 3. The Morgan fingerprint density at radius 2 is 1.71 bits per heavy atom. The van der Waals surface area contributed by atoms with Crippen molar-refractivity contribution in [2.24, 2.45) is 23.3 Å². The molecule has 1 aromatic heterocycles. The molecule has 16 heteroatoms. The van der Waals surface area contributed by atoms with E-state index in [2.05, 4.69) is 10.3 Å². The molecule has 2 saturated heterocycles. The van der Waals surface area contributed by atoms with Gasteiger partial charge in [0.05, 0.1) is 38.6 Å². The fourth-order valence-corrected chi connectivity index (χ4v) is 8.59. The lowest BCUT2D eigenvalue weighted by Gasteiger charge is -2.36. The van der Waals surface area contributed by atoms with Gasteiger partial charge in [0.1, 0.15) is 11.0 Å². The Morgan fingerprint density at radius 3 is 2.31 bits per heavy atom. The molecular weight excluding hydrogens is 678 g/mol. The van der Waals surface area contributed by atoms with Gasteiger partial charge in [-0.15, -0.1) is 0 Å². The Labute approximate surface area is 292 Å². The maximum absolute atomic E-state index is 15.9. The number of rotatable bonds is 12. The molecule has 1 saturated carbocycles. The zero-order valence-electron chi connectivity index (χ0n) is 28.2. The van der Waals surface area contributed by atoms with Crippen LogP contribution in [0.1, 0.15) is 37.7 Å². The number of hydrogen-bond donors (Lipinski definition) is 3. The van der Waals surface area contributed by atoms with Crippen molar-refractivity contribution >= 4 is 44.9 Å². The van der Waals surface area contributed by atoms with Crippen molar-refractivity contribution in [3.05, 3.63) is 47.1 Å². The number of sulfonamides is 1. The molecule has 49 heavy (non-hydrogen) atoms. The number of quaternary nitrogens is 1. The predicted octanol–water partition coefficient (Wildman–Crippen LogP) is 2.36. The number of carbonyl (C=O) groups is 2. The summed E-state index contributed by atoms with van der Waals surface area (Å²) < 4.78 is 60.8. The maximum Gasteiger partial charge on any atom is 0.276 e. The van der Waals surface area contributed by atoms with Crippen LogP contribution in [0, 0.1) is 11.8 Å². The lowest BCUT2D eigenvalue weighted by atomic mass is 9.77. The third kappa shape index (κ3) is 8.68. The molecule has 2 amide bonds. The molecule has 1 aliphatic carbocycles. The topological polar surface area (TPSA) is 155 Å². The highest BCUT2D eigenvalue weighted by Crippen LogP contribution is 2.46. The number of piperazine rings is 1. The minimum Gasteiger partial charge on any atom is -0.354 e. The maximum atomic E-state index is 15.9. The minimum absolute atomic E-state index is 0.0659. The second-order valence-electron chi connectivity index (χ2n) is 14.0. The molecule has 270 valence electrons. The highest BCUT2D eigenvalue weighted by molar-refractivity contribution is 7.89. The van der Waals surface area contributed by atoms with E-state index in [1.54, 1.807) is 21.9 Å². The molecule has 12 nitrogen and oxygen atoms in total. The van der Waals surface area contributed by atoms with Crippen LogP contribution in [0.4, 0.5) is 20.3 Å². The second-order valence-corrected chi connectivity index (χ2v) is 16.3. The number of nitrogens with two attached hydrogens (primary N) is 2. The number of nitrogens with zero attached hydrogens (tertiary/aromatic N) is 5. The average Bonchev–Trinajstić information content (AvgIpc) is 3.41. The number of amides is 2. The van der Waals surface area contributed by atoms with Gasteiger partial charge in [0, 0.05) is 74.8 Å². The minimum atomic E-state index is -3.83. The van der Waals surface area contributed by atoms with Gasteiger partial charge < -0.3 is 31.1 Å². The molecule has 0 unspecified atom stereocenters. The molecule has 0 spiro atoms. The van der Waals surface area contributed by atoms with E-state index >= 15 is 8.78 Å². The number of nitrogens with one attached hydrogen (secondary N) is 1. The first-order valence-corrected chi connectivity index (χ1v) is 18.7. The van der Waals surface area contributed by atoms with Gasteiger partial charge in [-0.05, 0) is 62.1 Å². The lowest BCUT2D eigenvalue weighted by molar-refractivity contribution is -0.887. The summed E-state index contributed by atoms with van der Waals surface area (Å²) >= 11 is 6.27. The van der Waals surface area contributed by atoms with Gasteiger partial charge in [0.2, 0.25) is 21.8 Å². The van der Waals surface area contributed by atoms with E-state index in [1.165, 1.54) is 28.6 Å². The van der Waals surface area contributed by atoms with Crippen LogP contribution in [-0.2, 0) is 25.5 Å². The standard InChI is InChI=1S/C33H47ClF2N8O4S/c1-44(2,17-11-37)18-12-39-32(46)23-3-5-24(6-4-23)33(35,36)25-19-29(34)40-30(20-25)41-13-15-42(16-14-41)49(47,48)28-9-7-27(8-10-28)43-22-26(38)21-31(43)45/h7-10,19-20,23-24,26H,3-6,11-18,21-22,37-38H2,1-2H3/p+1/t23?,24?,26-/m1/s1. The number of benzene rings is 1. The van der Waals surface area contributed by atoms with Crippen LogP contribution in [0.5, 0.6) is 0 Å². The molecular formula is C33H48ClF2N8O4S+. The molecule has 2 aliphatic heterocycles. The fraction of sp³-hybridized carbons (Fsp3) is 0.606. The Balaban J connectivity index is 1.16. The van der Waals surface area contributed by atoms with Crippen LogP contribution in [0.2, 0.25) is 5.15 Å². The summed E-state index contributed by atoms with van der Waals surface area (Å²) in [5, 5.41) is 2.90. The van der Waals surface area contributed by atoms with E-state index in [-0.39, 0.29) is 90.6 Å². The van der Waals surface area contributed by atoms with Crippen LogP contribution in [0.3, 0.4) is 0 Å². The van der Waals surface area contributed by atoms with Crippen molar-refractivity contribution in [1.29, 1.82) is 0 Å². The number of carbonyl (C=O) groups excluding carboxylic acids is 2. The Hall–Kier alpha value is -2.95. The summed E-state index contributed by atoms with van der Waals surface area (Å²) in [4.78, 5) is 32.7. The highest BCUT2D eigenvalue weighted by atomic mass is 35.5. The molecule has 3 aliphatic rings. The molecule has 2 aromatic rings. The van der Waals surface area contributed by atoms with Crippen molar-refractivity contribution in [2.45, 2.75) is 49.0 Å². The van der Waals surface area contributed by atoms with E-state index in [9.17, 15) is 18.0 Å². The van der Waals surface area contributed by atoms with Crippen molar-refractivity contribution in [3.8, 4) is 0 Å². The van der Waals surface area contributed by atoms with E-state index < -0.39 is 21.9 Å². The molecule has 3 heterocycles. The van der Waals surface area contributed by atoms with Gasteiger partial charge in [-0.2, -0.15) is 4.31 Å². The number of anilines is 2. The molecule has 5 rings (SSSR count). The van der Waals surface area contributed by atoms with E-state index in [0.29, 0.717) is 42.6 Å². The smallest absolute Gasteiger partial charge is 0.276 e. The lowest BCUT2D eigenvalue weighted by Crippen LogP contribution is -2.49. The Morgan fingerprint density at radius 1 is 1.06 bits per heavy atom. The first-order valence-electron chi connectivity index (χ1n) is 16.9. The molecule has 0 radical (unpaired) electrons. The summed E-state index contributed by atoms with van der Waals surface area (Å²) in [5.41, 5.74) is 11.9. The molecule has 0 bridgehead atoms. The Bertz CT molecular complexity index is 1600. The number of hydrogen-bond acceptors (Lipinski definition) is 8. The highest BCUT2D eigenvalue weighted by Gasteiger charge is 2.44. The van der Waals surface area contributed by atoms with Gasteiger partial charge in [0.25, 0.3) is 5.92 Å². The van der Waals surface area contributed by atoms with Crippen molar-refractivity contribution in [2.75, 3.05) is 82.8 Å². The number of alkyl halides is 2. The van der Waals surface area contributed by atoms with Gasteiger partial charge in [-0.25, -0.2) is 22.2 Å². The van der Waals surface area contributed by atoms with Crippen LogP contribution >= 0.6 is 11.6 Å². The fourth-order valence-electron chi connectivity index (χ4n) is 6.97. The summed E-state index contributed by atoms with van der Waals surface area (Å²) in [6.07, 6.45) is 1.41. The predicted molar refractivity (Wildman–Crippen MR) is 185 cm³/mol. The quantitative estimate of drug-likeness (QED) is 0.223. The summed E-state index contributed by atoms with van der Waals surface area (Å²) in [6.45, 7) is 3.69. The zero-order chi connectivity index (χ0) is 35.6. The monoisotopic (exact) mass is 725 g/mol. The van der Waals surface area contributed by atoms with Crippen molar-refractivity contribution < 1.29 is 31.3 Å². The summed E-state index contributed by atoms with van der Waals surface area (Å²) in [5.74, 6) is -4.36. The van der Waals surface area contributed by atoms with Gasteiger partial charge in [-0.1, -0.05) is 11.6 Å². The van der Waals surface area contributed by atoms with Crippen molar-refractivity contribution in [3.63, 3.8) is 0 Å². The number of pyridine rings is 1. The van der Waals surface area contributed by atoms with Crippen LogP contribution in [0.15, 0.2) is 41.3 Å². The molecule has 1 atom stereocenters. The normalized spacial score (nSPS) is 22.8. The third-order valence-electron chi connectivity index (χ3n) is 10.0. The first-order chi connectivity index (χ1) is 23.1.